The first-order valence-electron chi connectivity index (χ1n) is 12.8. The van der Waals surface area contributed by atoms with E-state index in [2.05, 4.69) is 9.64 Å². The van der Waals surface area contributed by atoms with Gasteiger partial charge in [-0.15, -0.1) is 0 Å². The number of fused-ring (bicyclic) bond motifs is 3. The zero-order chi connectivity index (χ0) is 27.5. The van der Waals surface area contributed by atoms with Crippen LogP contribution in [0, 0.1) is 0 Å². The van der Waals surface area contributed by atoms with Crippen LogP contribution >= 0.6 is 0 Å². The van der Waals surface area contributed by atoms with E-state index in [1.807, 2.05) is 109 Å². The summed E-state index contributed by atoms with van der Waals surface area (Å²) in [6, 6.07) is 39.1. The number of ether oxygens (including phenoxy) is 1. The Morgan fingerprint density at radius 3 is 1.45 bits per heavy atom. The van der Waals surface area contributed by atoms with Gasteiger partial charge >= 0.3 is 12.2 Å². The van der Waals surface area contributed by atoms with Gasteiger partial charge in [-0.3, -0.25) is 0 Å². The number of alkyl halides is 4. The van der Waals surface area contributed by atoms with Gasteiger partial charge in [-0.2, -0.15) is 17.6 Å². The molecule has 0 amide bonds. The Balaban J connectivity index is 1.58. The lowest BCUT2D eigenvalue weighted by Gasteiger charge is -2.29. The molecule has 1 aliphatic rings. The predicted octanol–water partition coefficient (Wildman–Crippen LogP) is 10.3. The number of halogens is 4. The molecule has 1 aliphatic heterocycles. The maximum atomic E-state index is 14.6. The number of nitrogens with zero attached hydrogens (tertiary/aromatic N) is 1. The highest BCUT2D eigenvalue weighted by Crippen LogP contribution is 2.53. The monoisotopic (exact) mass is 535 g/mol. The summed E-state index contributed by atoms with van der Waals surface area (Å²) >= 11 is 0. The minimum absolute atomic E-state index is 0.407. The molecule has 0 unspecified atom stereocenters. The van der Waals surface area contributed by atoms with Crippen LogP contribution in [0.4, 0.5) is 34.6 Å². The van der Waals surface area contributed by atoms with Gasteiger partial charge in [-0.25, -0.2) is 4.74 Å². The number of rotatable bonds is 4. The quantitative estimate of drug-likeness (QED) is 0.164. The molecule has 0 aliphatic carbocycles. The van der Waals surface area contributed by atoms with E-state index in [9.17, 15) is 17.6 Å². The first-order chi connectivity index (χ1) is 19.4. The third-order valence-corrected chi connectivity index (χ3v) is 7.35. The Morgan fingerprint density at radius 1 is 0.475 bits per heavy atom. The predicted molar refractivity (Wildman–Crippen MR) is 150 cm³/mol. The van der Waals surface area contributed by atoms with E-state index in [-0.39, 0.29) is 0 Å². The summed E-state index contributed by atoms with van der Waals surface area (Å²) in [6.45, 7) is 0. The van der Waals surface area contributed by atoms with Crippen molar-refractivity contribution in [3.05, 3.63) is 139 Å². The van der Waals surface area contributed by atoms with Crippen molar-refractivity contribution in [2.24, 2.45) is 0 Å². The molecule has 0 bridgehead atoms. The molecule has 2 nitrogen and oxygen atoms in total. The van der Waals surface area contributed by atoms with Crippen LogP contribution in [-0.2, 0) is 17.0 Å². The maximum Gasteiger partial charge on any atom is 0.388 e. The fraction of sp³-hybridized carbons (Fsp3) is 0.0588. The number of benzene rings is 6. The summed E-state index contributed by atoms with van der Waals surface area (Å²) in [7, 11) is 0. The van der Waals surface area contributed by atoms with Crippen LogP contribution in [0.5, 0.6) is 0 Å². The molecule has 0 saturated heterocycles. The van der Waals surface area contributed by atoms with Crippen molar-refractivity contribution in [1.29, 1.82) is 0 Å². The topological polar surface area (TPSA) is 12.5 Å². The third-order valence-electron chi connectivity index (χ3n) is 7.35. The van der Waals surface area contributed by atoms with Gasteiger partial charge in [0.15, 0.2) is 0 Å². The van der Waals surface area contributed by atoms with Crippen LogP contribution in [0.15, 0.2) is 127 Å². The van der Waals surface area contributed by atoms with Crippen molar-refractivity contribution >= 4 is 38.6 Å². The summed E-state index contributed by atoms with van der Waals surface area (Å²) in [5, 5.41) is 3.39. The van der Waals surface area contributed by atoms with Gasteiger partial charge in [0.2, 0.25) is 0 Å². The Morgan fingerprint density at radius 2 is 0.925 bits per heavy atom. The minimum atomic E-state index is -4.10. The second kappa shape index (κ2) is 8.93. The molecule has 196 valence electrons. The van der Waals surface area contributed by atoms with Gasteiger partial charge in [-0.1, -0.05) is 91.0 Å². The average molecular weight is 536 g/mol. The summed E-state index contributed by atoms with van der Waals surface area (Å²) in [5.74, 6) is 0. The van der Waals surface area contributed by atoms with E-state index in [1.54, 1.807) is 0 Å². The first kappa shape index (κ1) is 24.4. The third kappa shape index (κ3) is 3.75. The van der Waals surface area contributed by atoms with Crippen LogP contribution in [-0.4, -0.2) is 0 Å². The highest BCUT2D eigenvalue weighted by Gasteiger charge is 2.57. The number of para-hydroxylation sites is 2. The highest BCUT2D eigenvalue weighted by molar-refractivity contribution is 6.22. The Labute approximate surface area is 227 Å². The summed E-state index contributed by atoms with van der Waals surface area (Å²) in [5.41, 5.74) is 2.29. The molecule has 1 heterocycles. The van der Waals surface area contributed by atoms with E-state index >= 15 is 0 Å². The van der Waals surface area contributed by atoms with Gasteiger partial charge in [0, 0.05) is 22.1 Å². The fourth-order valence-electron chi connectivity index (χ4n) is 5.68. The van der Waals surface area contributed by atoms with Crippen LogP contribution in [0.1, 0.15) is 11.1 Å². The zero-order valence-electron chi connectivity index (χ0n) is 21.0. The molecular formula is C34H21F4NO. The van der Waals surface area contributed by atoms with Crippen LogP contribution < -0.4 is 4.90 Å². The van der Waals surface area contributed by atoms with E-state index in [4.69, 9.17) is 0 Å². The lowest BCUT2D eigenvalue weighted by molar-refractivity contribution is -0.369. The molecule has 6 aromatic carbocycles. The van der Waals surface area contributed by atoms with Crippen molar-refractivity contribution in [1.82, 2.24) is 0 Å². The summed E-state index contributed by atoms with van der Waals surface area (Å²) < 4.78 is 61.5. The lowest BCUT2D eigenvalue weighted by atomic mass is 9.88. The van der Waals surface area contributed by atoms with Gasteiger partial charge in [-0.05, 0) is 58.3 Å². The van der Waals surface area contributed by atoms with Crippen molar-refractivity contribution in [3.8, 4) is 11.1 Å². The standard InChI is InChI=1S/C34H21F4NO/c35-33(36)29-20-19-22(21-30(29)34(37,38)40-33)31-25-15-7-9-17-27(25)32(28-18-10-8-16-26(28)31)39(23-11-3-1-4-12-23)24-13-5-2-6-14-24/h1-21H. The largest absolute Gasteiger partial charge is 0.388 e. The Hall–Kier alpha value is -4.68. The van der Waals surface area contributed by atoms with E-state index in [0.717, 1.165) is 50.7 Å². The molecule has 0 N–H and O–H groups in total. The second-order valence-electron chi connectivity index (χ2n) is 9.72. The Kier molecular flexibility index (Phi) is 5.44. The van der Waals surface area contributed by atoms with E-state index < -0.39 is 23.3 Å². The normalized spacial score (nSPS) is 15.3. The van der Waals surface area contributed by atoms with Crippen molar-refractivity contribution in [2.75, 3.05) is 4.90 Å². The molecule has 0 saturated carbocycles. The molecule has 0 radical (unpaired) electrons. The highest BCUT2D eigenvalue weighted by atomic mass is 19.3. The van der Waals surface area contributed by atoms with Gasteiger partial charge < -0.3 is 4.90 Å². The number of anilines is 3. The first-order valence-corrected chi connectivity index (χ1v) is 12.8. The average Bonchev–Trinajstić information content (AvgIpc) is 3.16. The van der Waals surface area contributed by atoms with Crippen molar-refractivity contribution in [3.63, 3.8) is 0 Å². The van der Waals surface area contributed by atoms with Crippen LogP contribution in [0.2, 0.25) is 0 Å². The molecule has 0 aromatic heterocycles. The smallest absolute Gasteiger partial charge is 0.309 e. The molecular weight excluding hydrogens is 514 g/mol. The minimum Gasteiger partial charge on any atom is -0.309 e. The molecule has 40 heavy (non-hydrogen) atoms. The van der Waals surface area contributed by atoms with Crippen LogP contribution in [0.25, 0.3) is 32.7 Å². The SMILES string of the molecule is FC1(F)OC(F)(F)c2cc(-c3c4ccccc4c(N(c4ccccc4)c4ccccc4)c4ccccc34)ccc21. The lowest BCUT2D eigenvalue weighted by Crippen LogP contribution is -2.17. The molecule has 6 aromatic rings. The zero-order valence-corrected chi connectivity index (χ0v) is 21.0. The summed E-state index contributed by atoms with van der Waals surface area (Å²) in [4.78, 5) is 2.18. The van der Waals surface area contributed by atoms with Crippen molar-refractivity contribution < 1.29 is 22.3 Å². The molecule has 7 rings (SSSR count). The molecule has 0 atom stereocenters. The summed E-state index contributed by atoms with van der Waals surface area (Å²) in [6.07, 6.45) is -8.16. The number of hydrogen-bond donors (Lipinski definition) is 0. The van der Waals surface area contributed by atoms with E-state index in [0.29, 0.717) is 11.1 Å². The second-order valence-corrected chi connectivity index (χ2v) is 9.72. The van der Waals surface area contributed by atoms with Crippen LogP contribution in [0.3, 0.4) is 0 Å². The molecule has 6 heteroatoms. The maximum absolute atomic E-state index is 14.6. The molecule has 0 fully saturated rings. The fourth-order valence-corrected chi connectivity index (χ4v) is 5.68. The van der Waals surface area contributed by atoms with Gasteiger partial charge in [0.1, 0.15) is 0 Å². The number of hydrogen-bond acceptors (Lipinski definition) is 2. The van der Waals surface area contributed by atoms with E-state index in [1.165, 1.54) is 6.07 Å². The van der Waals surface area contributed by atoms with Gasteiger partial charge in [0.25, 0.3) is 0 Å². The Bertz CT molecular complexity index is 1790. The van der Waals surface area contributed by atoms with Gasteiger partial charge in [0.05, 0.1) is 16.8 Å². The van der Waals surface area contributed by atoms with Crippen molar-refractivity contribution in [2.45, 2.75) is 12.2 Å². The molecule has 0 spiro atoms.